The third-order valence-corrected chi connectivity index (χ3v) is 3.51. The second-order valence-corrected chi connectivity index (χ2v) is 5.14. The van der Waals surface area contributed by atoms with Crippen LogP contribution in [0.1, 0.15) is 49.5 Å². The summed E-state index contributed by atoms with van der Waals surface area (Å²) in [5.74, 6) is 0.387. The SMILES string of the molecule is CC(Oc1ccc(C=O)nc1)C(=O)NC1CCCCC1. The molecule has 0 bridgehead atoms. The monoisotopic (exact) mass is 276 g/mol. The van der Waals surface area contributed by atoms with Crippen molar-refractivity contribution < 1.29 is 14.3 Å². The summed E-state index contributed by atoms with van der Waals surface area (Å²) in [4.78, 5) is 26.4. The highest BCUT2D eigenvalue weighted by molar-refractivity contribution is 5.81. The molecule has 5 nitrogen and oxygen atoms in total. The molecule has 5 heteroatoms. The van der Waals surface area contributed by atoms with E-state index in [0.717, 1.165) is 12.8 Å². The molecule has 1 saturated carbocycles. The second kappa shape index (κ2) is 7.03. The average Bonchev–Trinajstić information content (AvgIpc) is 2.49. The number of aldehydes is 1. The van der Waals surface area contributed by atoms with E-state index in [4.69, 9.17) is 4.74 Å². The summed E-state index contributed by atoms with van der Waals surface area (Å²) in [6.07, 6.45) is 7.27. The maximum absolute atomic E-state index is 12.0. The van der Waals surface area contributed by atoms with Crippen molar-refractivity contribution in [3.8, 4) is 5.75 Å². The van der Waals surface area contributed by atoms with E-state index in [9.17, 15) is 9.59 Å². The van der Waals surface area contributed by atoms with Crippen molar-refractivity contribution >= 4 is 12.2 Å². The minimum atomic E-state index is -0.569. The molecule has 0 saturated heterocycles. The molecule has 1 aromatic rings. The molecule has 2 rings (SSSR count). The minimum Gasteiger partial charge on any atom is -0.479 e. The Hall–Kier alpha value is -1.91. The summed E-state index contributed by atoms with van der Waals surface area (Å²) in [6, 6.07) is 3.48. The Bertz CT molecular complexity index is 453. The molecule has 0 aromatic carbocycles. The number of pyridine rings is 1. The van der Waals surface area contributed by atoms with Gasteiger partial charge in [-0.2, -0.15) is 0 Å². The molecule has 1 aromatic heterocycles. The summed E-state index contributed by atoms with van der Waals surface area (Å²) in [5, 5.41) is 3.02. The van der Waals surface area contributed by atoms with Gasteiger partial charge < -0.3 is 10.1 Å². The number of hydrogen-bond donors (Lipinski definition) is 1. The van der Waals surface area contributed by atoms with Gasteiger partial charge in [-0.3, -0.25) is 9.59 Å². The Morgan fingerprint density at radius 1 is 1.40 bits per heavy atom. The highest BCUT2D eigenvalue weighted by atomic mass is 16.5. The molecule has 1 atom stereocenters. The van der Waals surface area contributed by atoms with Crippen LogP contribution in [0.15, 0.2) is 18.3 Å². The van der Waals surface area contributed by atoms with Gasteiger partial charge in [0.2, 0.25) is 0 Å². The van der Waals surface area contributed by atoms with Gasteiger partial charge in [-0.15, -0.1) is 0 Å². The van der Waals surface area contributed by atoms with Crippen molar-refractivity contribution in [1.29, 1.82) is 0 Å². The third-order valence-electron chi connectivity index (χ3n) is 3.51. The first-order valence-electron chi connectivity index (χ1n) is 7.07. The Morgan fingerprint density at radius 2 is 2.15 bits per heavy atom. The first kappa shape index (κ1) is 14.5. The summed E-state index contributed by atoms with van der Waals surface area (Å²) in [5.41, 5.74) is 0.344. The van der Waals surface area contributed by atoms with Gasteiger partial charge in [0.1, 0.15) is 11.4 Å². The number of carbonyl (C=O) groups is 2. The Kier molecular flexibility index (Phi) is 5.09. The zero-order chi connectivity index (χ0) is 14.4. The normalized spacial score (nSPS) is 17.2. The van der Waals surface area contributed by atoms with Crippen LogP contribution in [0.5, 0.6) is 5.75 Å². The third kappa shape index (κ3) is 4.05. The Labute approximate surface area is 118 Å². The van der Waals surface area contributed by atoms with Crippen LogP contribution >= 0.6 is 0 Å². The van der Waals surface area contributed by atoms with Crippen molar-refractivity contribution in [2.24, 2.45) is 0 Å². The van der Waals surface area contributed by atoms with Gasteiger partial charge in [0.15, 0.2) is 12.4 Å². The number of nitrogens with zero attached hydrogens (tertiary/aromatic N) is 1. The lowest BCUT2D eigenvalue weighted by Gasteiger charge is -2.24. The Morgan fingerprint density at radius 3 is 2.75 bits per heavy atom. The van der Waals surface area contributed by atoms with Crippen molar-refractivity contribution in [3.05, 3.63) is 24.0 Å². The zero-order valence-electron chi connectivity index (χ0n) is 11.7. The van der Waals surface area contributed by atoms with Crippen LogP contribution in [0, 0.1) is 0 Å². The van der Waals surface area contributed by atoms with Crippen LogP contribution in [0.2, 0.25) is 0 Å². The standard InChI is InChI=1S/C15H20N2O3/c1-11(15(19)17-12-5-3-2-4-6-12)20-14-8-7-13(10-18)16-9-14/h7-12H,2-6H2,1H3,(H,17,19). The molecule has 108 valence electrons. The fourth-order valence-corrected chi connectivity index (χ4v) is 2.35. The molecule has 1 heterocycles. The number of aromatic nitrogens is 1. The van der Waals surface area contributed by atoms with Crippen LogP contribution < -0.4 is 10.1 Å². The average molecular weight is 276 g/mol. The van der Waals surface area contributed by atoms with Gasteiger partial charge in [0.25, 0.3) is 5.91 Å². The van der Waals surface area contributed by atoms with Gasteiger partial charge in [-0.1, -0.05) is 19.3 Å². The second-order valence-electron chi connectivity index (χ2n) is 5.14. The number of amides is 1. The predicted octanol–water partition coefficient (Wildman–Crippen LogP) is 2.11. The van der Waals surface area contributed by atoms with Crippen molar-refractivity contribution in [3.63, 3.8) is 0 Å². The number of rotatable bonds is 5. The first-order chi connectivity index (χ1) is 9.69. The molecule has 1 fully saturated rings. The first-order valence-corrected chi connectivity index (χ1v) is 7.07. The maximum atomic E-state index is 12.0. The van der Waals surface area contributed by atoms with Crippen molar-refractivity contribution in [1.82, 2.24) is 10.3 Å². The highest BCUT2D eigenvalue weighted by Gasteiger charge is 2.20. The van der Waals surface area contributed by atoms with Crippen LogP contribution in [0.3, 0.4) is 0 Å². The van der Waals surface area contributed by atoms with Crippen LogP contribution in [0.25, 0.3) is 0 Å². The quantitative estimate of drug-likeness (QED) is 0.836. The summed E-state index contributed by atoms with van der Waals surface area (Å²) < 4.78 is 5.53. The number of hydrogen-bond acceptors (Lipinski definition) is 4. The van der Waals surface area contributed by atoms with Crippen LogP contribution in [-0.2, 0) is 4.79 Å². The number of nitrogens with one attached hydrogen (secondary N) is 1. The van der Waals surface area contributed by atoms with Gasteiger partial charge in [-0.05, 0) is 31.9 Å². The molecule has 1 aliphatic rings. The minimum absolute atomic E-state index is 0.101. The molecule has 1 amide bonds. The molecular formula is C15H20N2O3. The van der Waals surface area contributed by atoms with E-state index in [0.29, 0.717) is 17.7 Å². The molecule has 1 unspecified atom stereocenters. The van der Waals surface area contributed by atoms with E-state index in [1.807, 2.05) is 0 Å². The van der Waals surface area contributed by atoms with E-state index in [2.05, 4.69) is 10.3 Å². The van der Waals surface area contributed by atoms with E-state index < -0.39 is 6.10 Å². The van der Waals surface area contributed by atoms with E-state index in [-0.39, 0.29) is 11.9 Å². The molecule has 0 aliphatic heterocycles. The fraction of sp³-hybridized carbons (Fsp3) is 0.533. The topological polar surface area (TPSA) is 68.3 Å². The van der Waals surface area contributed by atoms with Crippen LogP contribution in [0.4, 0.5) is 0 Å². The van der Waals surface area contributed by atoms with Gasteiger partial charge in [0, 0.05) is 6.04 Å². The van der Waals surface area contributed by atoms with E-state index >= 15 is 0 Å². The lowest BCUT2D eigenvalue weighted by atomic mass is 9.95. The number of carbonyl (C=O) groups excluding carboxylic acids is 2. The van der Waals surface area contributed by atoms with Crippen LogP contribution in [-0.4, -0.2) is 29.3 Å². The summed E-state index contributed by atoms with van der Waals surface area (Å²) in [6.45, 7) is 1.71. The molecule has 20 heavy (non-hydrogen) atoms. The smallest absolute Gasteiger partial charge is 0.260 e. The predicted molar refractivity (Wildman–Crippen MR) is 74.7 cm³/mol. The number of ether oxygens (including phenoxy) is 1. The maximum Gasteiger partial charge on any atom is 0.260 e. The van der Waals surface area contributed by atoms with E-state index in [1.165, 1.54) is 25.5 Å². The lowest BCUT2D eigenvalue weighted by Crippen LogP contribution is -2.43. The highest BCUT2D eigenvalue weighted by Crippen LogP contribution is 2.18. The summed E-state index contributed by atoms with van der Waals surface area (Å²) >= 11 is 0. The van der Waals surface area contributed by atoms with Gasteiger partial charge >= 0.3 is 0 Å². The largest absolute Gasteiger partial charge is 0.479 e. The van der Waals surface area contributed by atoms with E-state index in [1.54, 1.807) is 19.1 Å². The molecule has 1 aliphatic carbocycles. The zero-order valence-corrected chi connectivity index (χ0v) is 11.7. The molecule has 0 spiro atoms. The molecule has 1 N–H and O–H groups in total. The van der Waals surface area contributed by atoms with Gasteiger partial charge in [0.05, 0.1) is 6.20 Å². The molecular weight excluding hydrogens is 256 g/mol. The fourth-order valence-electron chi connectivity index (χ4n) is 2.35. The van der Waals surface area contributed by atoms with Crippen molar-refractivity contribution in [2.75, 3.05) is 0 Å². The molecule has 0 radical (unpaired) electrons. The lowest BCUT2D eigenvalue weighted by molar-refractivity contribution is -0.128. The van der Waals surface area contributed by atoms with Crippen molar-refractivity contribution in [2.45, 2.75) is 51.2 Å². The Balaban J connectivity index is 1.84. The summed E-state index contributed by atoms with van der Waals surface area (Å²) in [7, 11) is 0. The van der Waals surface area contributed by atoms with Gasteiger partial charge in [-0.25, -0.2) is 4.98 Å².